The molecule has 0 N–H and O–H groups in total. The lowest BCUT2D eigenvalue weighted by atomic mass is 10.3. The molecular formula is C16H12N2O3. The Morgan fingerprint density at radius 2 is 1.90 bits per heavy atom. The number of nitrogens with zero attached hydrogens (tertiary/aromatic N) is 2. The zero-order valence-corrected chi connectivity index (χ0v) is 11.1. The van der Waals surface area contributed by atoms with Crippen LogP contribution in [-0.4, -0.2) is 23.5 Å². The van der Waals surface area contributed by atoms with Gasteiger partial charge in [-0.25, -0.2) is 9.79 Å². The molecule has 0 fully saturated rings. The second-order valence-electron chi connectivity index (χ2n) is 4.28. The number of cyclic esters (lactones) is 1. The molecule has 0 amide bonds. The van der Waals surface area contributed by atoms with Gasteiger partial charge in [-0.1, -0.05) is 24.3 Å². The zero-order valence-electron chi connectivity index (χ0n) is 11.1. The Balaban J connectivity index is 1.69. The maximum atomic E-state index is 11.7. The van der Waals surface area contributed by atoms with Crippen LogP contribution in [0.3, 0.4) is 0 Å². The van der Waals surface area contributed by atoms with Crippen molar-refractivity contribution in [3.63, 3.8) is 0 Å². The number of ether oxygens (including phenoxy) is 2. The molecular weight excluding hydrogens is 268 g/mol. The molecule has 0 aliphatic carbocycles. The van der Waals surface area contributed by atoms with E-state index in [2.05, 4.69) is 9.98 Å². The Bertz CT molecular complexity index is 694. The van der Waals surface area contributed by atoms with E-state index in [0.29, 0.717) is 11.4 Å². The van der Waals surface area contributed by atoms with E-state index in [1.54, 1.807) is 24.4 Å². The summed E-state index contributed by atoms with van der Waals surface area (Å²) in [7, 11) is 0. The van der Waals surface area contributed by atoms with Gasteiger partial charge in [0.25, 0.3) is 0 Å². The third kappa shape index (κ3) is 3.33. The van der Waals surface area contributed by atoms with Gasteiger partial charge in [0.2, 0.25) is 5.90 Å². The van der Waals surface area contributed by atoms with Crippen LogP contribution in [-0.2, 0) is 9.53 Å². The fourth-order valence-electron chi connectivity index (χ4n) is 1.78. The molecule has 0 unspecified atom stereocenters. The Morgan fingerprint density at radius 1 is 1.10 bits per heavy atom. The molecule has 104 valence electrons. The molecule has 3 rings (SSSR count). The van der Waals surface area contributed by atoms with E-state index in [1.165, 1.54) is 0 Å². The zero-order chi connectivity index (χ0) is 14.5. The summed E-state index contributed by atoms with van der Waals surface area (Å²) in [6.07, 6.45) is 3.23. The number of benzene rings is 1. The minimum absolute atomic E-state index is 0.106. The number of carbonyl (C=O) groups excluding carboxylic acids is 1. The van der Waals surface area contributed by atoms with Crippen LogP contribution in [0.2, 0.25) is 0 Å². The van der Waals surface area contributed by atoms with Crippen LogP contribution in [0.4, 0.5) is 0 Å². The second-order valence-corrected chi connectivity index (χ2v) is 4.28. The number of carbonyl (C=O) groups is 1. The SMILES string of the molecule is O=C1OC(COc2ccccc2)=N/C1=C/c1ccccn1. The van der Waals surface area contributed by atoms with Crippen LogP contribution < -0.4 is 4.74 Å². The van der Waals surface area contributed by atoms with E-state index in [1.807, 2.05) is 36.4 Å². The van der Waals surface area contributed by atoms with Crippen molar-refractivity contribution in [1.29, 1.82) is 0 Å². The lowest BCUT2D eigenvalue weighted by molar-refractivity contribution is -0.130. The molecule has 5 heteroatoms. The number of hydrogen-bond acceptors (Lipinski definition) is 5. The van der Waals surface area contributed by atoms with Crippen LogP contribution in [0, 0.1) is 0 Å². The van der Waals surface area contributed by atoms with Crippen molar-refractivity contribution in [1.82, 2.24) is 4.98 Å². The average molecular weight is 280 g/mol. The minimum Gasteiger partial charge on any atom is -0.484 e. The first-order valence-corrected chi connectivity index (χ1v) is 6.41. The molecule has 1 aliphatic heterocycles. The number of hydrogen-bond donors (Lipinski definition) is 0. The van der Waals surface area contributed by atoms with Gasteiger partial charge in [-0.2, -0.15) is 0 Å². The van der Waals surface area contributed by atoms with Crippen LogP contribution >= 0.6 is 0 Å². The number of esters is 1. The Kier molecular flexibility index (Phi) is 3.73. The van der Waals surface area contributed by atoms with Gasteiger partial charge < -0.3 is 9.47 Å². The normalized spacial score (nSPS) is 15.7. The highest BCUT2D eigenvalue weighted by molar-refractivity contribution is 6.07. The van der Waals surface area contributed by atoms with Crippen molar-refractivity contribution < 1.29 is 14.3 Å². The van der Waals surface area contributed by atoms with Crippen molar-refractivity contribution in [2.24, 2.45) is 4.99 Å². The van der Waals surface area contributed by atoms with E-state index < -0.39 is 5.97 Å². The fourth-order valence-corrected chi connectivity index (χ4v) is 1.78. The monoisotopic (exact) mass is 280 g/mol. The third-order valence-electron chi connectivity index (χ3n) is 2.74. The molecule has 1 aliphatic rings. The van der Waals surface area contributed by atoms with E-state index in [9.17, 15) is 4.79 Å². The highest BCUT2D eigenvalue weighted by atomic mass is 16.6. The predicted molar refractivity (Wildman–Crippen MR) is 77.7 cm³/mol. The first-order valence-electron chi connectivity index (χ1n) is 6.41. The lowest BCUT2D eigenvalue weighted by Gasteiger charge is -2.03. The molecule has 0 saturated heterocycles. The van der Waals surface area contributed by atoms with Gasteiger partial charge in [0.15, 0.2) is 12.3 Å². The van der Waals surface area contributed by atoms with Gasteiger partial charge in [-0.3, -0.25) is 4.98 Å². The van der Waals surface area contributed by atoms with Crippen LogP contribution in [0.15, 0.2) is 65.4 Å². The van der Waals surface area contributed by atoms with Crippen LogP contribution in [0.1, 0.15) is 5.69 Å². The quantitative estimate of drug-likeness (QED) is 0.637. The topological polar surface area (TPSA) is 60.8 Å². The summed E-state index contributed by atoms with van der Waals surface area (Å²) in [4.78, 5) is 19.9. The van der Waals surface area contributed by atoms with Crippen LogP contribution in [0.5, 0.6) is 5.75 Å². The second kappa shape index (κ2) is 6.00. The highest BCUT2D eigenvalue weighted by Gasteiger charge is 2.23. The molecule has 5 nitrogen and oxygen atoms in total. The number of para-hydroxylation sites is 1. The number of aliphatic imine (C=N–C) groups is 1. The molecule has 0 atom stereocenters. The summed E-state index contributed by atoms with van der Waals surface area (Å²) in [5, 5.41) is 0. The standard InChI is InChI=1S/C16H12N2O3/c19-16-14(10-12-6-4-5-9-17-12)18-15(21-16)11-20-13-7-2-1-3-8-13/h1-10H,11H2/b14-10+. The highest BCUT2D eigenvalue weighted by Crippen LogP contribution is 2.15. The van der Waals surface area contributed by atoms with E-state index in [4.69, 9.17) is 9.47 Å². The summed E-state index contributed by atoms with van der Waals surface area (Å²) >= 11 is 0. The van der Waals surface area contributed by atoms with Gasteiger partial charge >= 0.3 is 5.97 Å². The lowest BCUT2D eigenvalue weighted by Crippen LogP contribution is -2.13. The summed E-state index contributed by atoms with van der Waals surface area (Å²) < 4.78 is 10.5. The number of aromatic nitrogens is 1. The Morgan fingerprint density at radius 3 is 2.67 bits per heavy atom. The van der Waals surface area contributed by atoms with Crippen molar-refractivity contribution >= 4 is 17.9 Å². The molecule has 0 bridgehead atoms. The molecule has 21 heavy (non-hydrogen) atoms. The molecule has 0 saturated carbocycles. The van der Waals surface area contributed by atoms with E-state index in [0.717, 1.165) is 0 Å². The average Bonchev–Trinajstić information content (AvgIpc) is 2.87. The predicted octanol–water partition coefficient (Wildman–Crippen LogP) is 2.46. The Labute approximate surface area is 121 Å². The maximum absolute atomic E-state index is 11.7. The third-order valence-corrected chi connectivity index (χ3v) is 2.74. The maximum Gasteiger partial charge on any atom is 0.363 e. The summed E-state index contributed by atoms with van der Waals surface area (Å²) in [6, 6.07) is 14.7. The summed E-state index contributed by atoms with van der Waals surface area (Å²) in [5.74, 6) is 0.441. The van der Waals surface area contributed by atoms with E-state index in [-0.39, 0.29) is 18.2 Å². The smallest absolute Gasteiger partial charge is 0.363 e. The van der Waals surface area contributed by atoms with Crippen molar-refractivity contribution in [3.05, 3.63) is 66.1 Å². The van der Waals surface area contributed by atoms with Crippen molar-refractivity contribution in [2.45, 2.75) is 0 Å². The minimum atomic E-state index is -0.493. The largest absolute Gasteiger partial charge is 0.484 e. The first-order chi connectivity index (χ1) is 10.3. The molecule has 0 radical (unpaired) electrons. The molecule has 1 aromatic carbocycles. The molecule has 2 aromatic rings. The van der Waals surface area contributed by atoms with Gasteiger partial charge in [0.05, 0.1) is 5.69 Å². The number of pyridine rings is 1. The summed E-state index contributed by atoms with van der Waals surface area (Å²) in [5.41, 5.74) is 0.874. The Hall–Kier alpha value is -2.95. The van der Waals surface area contributed by atoms with Crippen LogP contribution in [0.25, 0.3) is 6.08 Å². The molecule has 0 spiro atoms. The van der Waals surface area contributed by atoms with Gasteiger partial charge in [-0.15, -0.1) is 0 Å². The summed E-state index contributed by atoms with van der Waals surface area (Å²) in [6.45, 7) is 0.106. The van der Waals surface area contributed by atoms with Crippen molar-refractivity contribution in [3.8, 4) is 5.75 Å². The number of rotatable bonds is 4. The fraction of sp³-hybridized carbons (Fsp3) is 0.0625. The van der Waals surface area contributed by atoms with Gasteiger partial charge in [-0.05, 0) is 30.3 Å². The molecule has 2 heterocycles. The van der Waals surface area contributed by atoms with Gasteiger partial charge in [0, 0.05) is 6.20 Å². The van der Waals surface area contributed by atoms with E-state index >= 15 is 0 Å². The van der Waals surface area contributed by atoms with Gasteiger partial charge in [0.1, 0.15) is 5.75 Å². The molecule has 1 aromatic heterocycles. The van der Waals surface area contributed by atoms with Crippen molar-refractivity contribution in [2.75, 3.05) is 6.61 Å². The first kappa shape index (κ1) is 13.1.